The molecule has 3 atom stereocenters. The highest BCUT2D eigenvalue weighted by Crippen LogP contribution is 2.29. The summed E-state index contributed by atoms with van der Waals surface area (Å²) in [6.07, 6.45) is 6.28. The van der Waals surface area contributed by atoms with Crippen molar-refractivity contribution in [2.75, 3.05) is 40.3 Å². The van der Waals surface area contributed by atoms with Gasteiger partial charge in [-0.15, -0.1) is 0 Å². The first kappa shape index (κ1) is 15.3. The molecule has 3 unspecified atom stereocenters. The van der Waals surface area contributed by atoms with Gasteiger partial charge in [0.15, 0.2) is 0 Å². The minimum atomic E-state index is -0.152. The predicted octanol–water partition coefficient (Wildman–Crippen LogP) is 0.696. The van der Waals surface area contributed by atoms with Crippen LogP contribution in [0.25, 0.3) is 0 Å². The number of likely N-dealkylation sites (tertiary alicyclic amines) is 2. The number of methoxy groups -OCH3 is 1. The highest BCUT2D eigenvalue weighted by molar-refractivity contribution is 5.76. The maximum absolute atomic E-state index is 12.0. The Balaban J connectivity index is 1.55. The number of hydrogen-bond donors (Lipinski definition) is 1. The molecular formula is C16H29N3O2. The van der Waals surface area contributed by atoms with Gasteiger partial charge in [-0.3, -0.25) is 4.79 Å². The van der Waals surface area contributed by atoms with Gasteiger partial charge in [-0.1, -0.05) is 0 Å². The molecule has 0 amide bonds. The largest absolute Gasteiger partial charge is 0.468 e. The molecule has 3 aliphatic rings. The van der Waals surface area contributed by atoms with Crippen molar-refractivity contribution in [3.63, 3.8) is 0 Å². The molecule has 0 aromatic rings. The highest BCUT2D eigenvalue weighted by Gasteiger charge is 2.36. The molecule has 0 aromatic carbocycles. The van der Waals surface area contributed by atoms with Gasteiger partial charge in [0.25, 0.3) is 0 Å². The van der Waals surface area contributed by atoms with Crippen LogP contribution < -0.4 is 5.32 Å². The zero-order chi connectivity index (χ0) is 14.8. The average Bonchev–Trinajstić information content (AvgIpc) is 3.30. The fourth-order valence-corrected chi connectivity index (χ4v) is 4.02. The molecule has 0 bridgehead atoms. The topological polar surface area (TPSA) is 44.8 Å². The van der Waals surface area contributed by atoms with Crippen LogP contribution in [-0.2, 0) is 9.53 Å². The van der Waals surface area contributed by atoms with Gasteiger partial charge in [0.1, 0.15) is 6.04 Å². The first-order valence-corrected chi connectivity index (χ1v) is 8.44. The lowest BCUT2D eigenvalue weighted by Crippen LogP contribution is -2.56. The maximum atomic E-state index is 12.0. The van der Waals surface area contributed by atoms with E-state index in [1.807, 2.05) is 0 Å². The van der Waals surface area contributed by atoms with Gasteiger partial charge >= 0.3 is 5.97 Å². The van der Waals surface area contributed by atoms with Gasteiger partial charge in [-0.2, -0.15) is 0 Å². The number of piperidine rings is 2. The van der Waals surface area contributed by atoms with Crippen LogP contribution in [0.1, 0.15) is 32.1 Å². The van der Waals surface area contributed by atoms with Gasteiger partial charge in [-0.05, 0) is 58.2 Å². The number of fused-ring (bicyclic) bond motifs is 1. The molecule has 2 aliphatic heterocycles. The Bertz CT molecular complexity index is 373. The molecule has 21 heavy (non-hydrogen) atoms. The van der Waals surface area contributed by atoms with Crippen molar-refractivity contribution in [3.05, 3.63) is 0 Å². The van der Waals surface area contributed by atoms with E-state index in [0.29, 0.717) is 6.04 Å². The third-order valence-corrected chi connectivity index (χ3v) is 5.37. The highest BCUT2D eigenvalue weighted by atomic mass is 16.5. The number of esters is 1. The minimum absolute atomic E-state index is 0.107. The molecular weight excluding hydrogens is 266 g/mol. The van der Waals surface area contributed by atoms with Gasteiger partial charge in [0.2, 0.25) is 0 Å². The molecule has 2 saturated heterocycles. The first-order valence-electron chi connectivity index (χ1n) is 8.44. The SMILES string of the molecule is COC(=O)C(CN1CCC2C(CCCN2C)C1)NC1CC1. The fourth-order valence-electron chi connectivity index (χ4n) is 4.02. The Kier molecular flexibility index (Phi) is 4.82. The molecule has 1 aliphatic carbocycles. The molecule has 1 saturated carbocycles. The van der Waals surface area contributed by atoms with Gasteiger partial charge in [-0.25, -0.2) is 0 Å². The van der Waals surface area contributed by atoms with E-state index < -0.39 is 0 Å². The van der Waals surface area contributed by atoms with Crippen molar-refractivity contribution in [3.8, 4) is 0 Å². The summed E-state index contributed by atoms with van der Waals surface area (Å²) in [4.78, 5) is 17.0. The Morgan fingerprint density at radius 2 is 2.10 bits per heavy atom. The number of ether oxygens (including phenoxy) is 1. The number of carbonyl (C=O) groups is 1. The summed E-state index contributed by atoms with van der Waals surface area (Å²) in [5.41, 5.74) is 0. The summed E-state index contributed by atoms with van der Waals surface area (Å²) < 4.78 is 4.97. The minimum Gasteiger partial charge on any atom is -0.468 e. The second-order valence-corrected chi connectivity index (χ2v) is 7.02. The van der Waals surface area contributed by atoms with Crippen LogP contribution in [0.15, 0.2) is 0 Å². The molecule has 1 N–H and O–H groups in total. The van der Waals surface area contributed by atoms with Crippen molar-refractivity contribution in [1.82, 2.24) is 15.1 Å². The van der Waals surface area contributed by atoms with Crippen LogP contribution in [0, 0.1) is 5.92 Å². The Morgan fingerprint density at radius 1 is 1.29 bits per heavy atom. The van der Waals surface area contributed by atoms with E-state index >= 15 is 0 Å². The van der Waals surface area contributed by atoms with Crippen LogP contribution >= 0.6 is 0 Å². The standard InChI is InChI=1S/C16H29N3O2/c1-18-8-3-4-12-10-19(9-7-15(12)18)11-14(16(20)21-2)17-13-5-6-13/h12-15,17H,3-11H2,1-2H3. The van der Waals surface area contributed by atoms with Crippen molar-refractivity contribution < 1.29 is 9.53 Å². The van der Waals surface area contributed by atoms with Crippen molar-refractivity contribution in [2.45, 2.75) is 50.2 Å². The number of rotatable bonds is 5. The number of nitrogens with zero attached hydrogens (tertiary/aromatic N) is 2. The summed E-state index contributed by atoms with van der Waals surface area (Å²) in [7, 11) is 3.75. The van der Waals surface area contributed by atoms with E-state index in [1.165, 1.54) is 45.8 Å². The van der Waals surface area contributed by atoms with E-state index in [1.54, 1.807) is 0 Å². The zero-order valence-corrected chi connectivity index (χ0v) is 13.4. The molecule has 3 rings (SSSR count). The van der Waals surface area contributed by atoms with E-state index in [4.69, 9.17) is 4.74 Å². The third kappa shape index (κ3) is 3.76. The Hall–Kier alpha value is -0.650. The van der Waals surface area contributed by atoms with E-state index in [0.717, 1.165) is 31.6 Å². The van der Waals surface area contributed by atoms with Crippen LogP contribution in [-0.4, -0.2) is 74.2 Å². The van der Waals surface area contributed by atoms with Crippen LogP contribution in [0.5, 0.6) is 0 Å². The van der Waals surface area contributed by atoms with Crippen molar-refractivity contribution in [1.29, 1.82) is 0 Å². The van der Waals surface area contributed by atoms with Crippen molar-refractivity contribution >= 4 is 5.97 Å². The molecule has 5 nitrogen and oxygen atoms in total. The molecule has 2 heterocycles. The van der Waals surface area contributed by atoms with Gasteiger partial charge in [0, 0.05) is 25.2 Å². The number of carbonyl (C=O) groups excluding carboxylic acids is 1. The fraction of sp³-hybridized carbons (Fsp3) is 0.938. The van der Waals surface area contributed by atoms with E-state index in [2.05, 4.69) is 22.2 Å². The number of hydrogen-bond acceptors (Lipinski definition) is 5. The van der Waals surface area contributed by atoms with Gasteiger partial charge in [0.05, 0.1) is 7.11 Å². The maximum Gasteiger partial charge on any atom is 0.324 e. The van der Waals surface area contributed by atoms with Crippen molar-refractivity contribution in [2.24, 2.45) is 5.92 Å². The summed E-state index contributed by atoms with van der Waals surface area (Å²) in [5, 5.41) is 3.44. The summed E-state index contributed by atoms with van der Waals surface area (Å²) in [6.45, 7) is 4.28. The van der Waals surface area contributed by atoms with E-state index in [9.17, 15) is 4.79 Å². The average molecular weight is 295 g/mol. The summed E-state index contributed by atoms with van der Waals surface area (Å²) in [6, 6.07) is 1.13. The van der Waals surface area contributed by atoms with Crippen LogP contribution in [0.2, 0.25) is 0 Å². The second kappa shape index (κ2) is 6.63. The quantitative estimate of drug-likeness (QED) is 0.756. The second-order valence-electron chi connectivity index (χ2n) is 7.02. The third-order valence-electron chi connectivity index (χ3n) is 5.37. The molecule has 120 valence electrons. The molecule has 0 spiro atoms. The van der Waals surface area contributed by atoms with Gasteiger partial charge < -0.3 is 19.9 Å². The Labute approximate surface area is 128 Å². The summed E-state index contributed by atoms with van der Waals surface area (Å²) >= 11 is 0. The van der Waals surface area contributed by atoms with Crippen LogP contribution in [0.3, 0.4) is 0 Å². The lowest BCUT2D eigenvalue weighted by atomic mass is 9.84. The molecule has 3 fully saturated rings. The molecule has 0 aromatic heterocycles. The Morgan fingerprint density at radius 3 is 2.81 bits per heavy atom. The zero-order valence-electron chi connectivity index (χ0n) is 13.4. The first-order chi connectivity index (χ1) is 10.2. The lowest BCUT2D eigenvalue weighted by molar-refractivity contribution is -0.144. The molecule has 0 radical (unpaired) electrons. The number of nitrogens with one attached hydrogen (secondary N) is 1. The predicted molar refractivity (Wildman–Crippen MR) is 82.2 cm³/mol. The normalized spacial score (nSPS) is 32.5. The lowest BCUT2D eigenvalue weighted by Gasteiger charge is -2.46. The van der Waals surface area contributed by atoms with E-state index in [-0.39, 0.29) is 12.0 Å². The monoisotopic (exact) mass is 295 g/mol. The smallest absolute Gasteiger partial charge is 0.324 e. The summed E-state index contributed by atoms with van der Waals surface area (Å²) in [5.74, 6) is 0.668. The molecule has 5 heteroatoms. The van der Waals surface area contributed by atoms with Crippen LogP contribution in [0.4, 0.5) is 0 Å².